The molecule has 8 nitrogen and oxygen atoms in total. The summed E-state index contributed by atoms with van der Waals surface area (Å²) in [6.45, 7) is 8.30. The van der Waals surface area contributed by atoms with Crippen LogP contribution in [0.2, 0.25) is 0 Å². The summed E-state index contributed by atoms with van der Waals surface area (Å²) >= 11 is 0. The first-order valence-corrected chi connectivity index (χ1v) is 9.24. The maximum atomic E-state index is 13.4. The highest BCUT2D eigenvalue weighted by atomic mass is 16.6. The Morgan fingerprint density at radius 3 is 2.45 bits per heavy atom. The Bertz CT molecular complexity index is 970. The van der Waals surface area contributed by atoms with Gasteiger partial charge < -0.3 is 25.3 Å². The lowest BCUT2D eigenvalue weighted by Gasteiger charge is -2.36. The van der Waals surface area contributed by atoms with E-state index in [1.165, 1.54) is 6.92 Å². The Hall–Kier alpha value is -3.29. The van der Waals surface area contributed by atoms with Gasteiger partial charge >= 0.3 is 11.9 Å². The van der Waals surface area contributed by atoms with Crippen molar-refractivity contribution in [3.63, 3.8) is 0 Å². The molecule has 0 saturated heterocycles. The predicted molar refractivity (Wildman–Crippen MR) is 104 cm³/mol. The minimum Gasteiger partial charge on any atom is -0.462 e. The number of esters is 2. The quantitative estimate of drug-likeness (QED) is 0.747. The van der Waals surface area contributed by atoms with Crippen LogP contribution in [0.25, 0.3) is 0 Å². The second-order valence-electron chi connectivity index (χ2n) is 7.74. The summed E-state index contributed by atoms with van der Waals surface area (Å²) in [6, 6.07) is 6.77. The van der Waals surface area contributed by atoms with E-state index in [9.17, 15) is 14.4 Å². The number of amides is 1. The first-order chi connectivity index (χ1) is 13.5. The molecule has 0 bridgehead atoms. The molecule has 2 aliphatic heterocycles. The monoisotopic (exact) mass is 400 g/mol. The van der Waals surface area contributed by atoms with E-state index in [1.807, 2.05) is 0 Å². The molecule has 2 heterocycles. The van der Waals surface area contributed by atoms with E-state index in [-0.39, 0.29) is 29.4 Å². The van der Waals surface area contributed by atoms with Crippen molar-refractivity contribution in [2.45, 2.75) is 45.6 Å². The molecule has 1 aromatic rings. The van der Waals surface area contributed by atoms with Crippen molar-refractivity contribution >= 4 is 23.5 Å². The Morgan fingerprint density at radius 1 is 1.17 bits per heavy atom. The lowest BCUT2D eigenvalue weighted by Crippen LogP contribution is -2.49. The fourth-order valence-electron chi connectivity index (χ4n) is 3.68. The average Bonchev–Trinajstić information content (AvgIpc) is 2.86. The van der Waals surface area contributed by atoms with Crippen LogP contribution in [0.4, 0.5) is 5.69 Å². The maximum Gasteiger partial charge on any atom is 0.341 e. The van der Waals surface area contributed by atoms with E-state index in [2.05, 4.69) is 5.32 Å². The third-order valence-electron chi connectivity index (χ3n) is 4.61. The first kappa shape index (κ1) is 20.4. The SMILES string of the molecule is CCOC(=O)C1=C(N)OC(C)=C(C(=O)OC(C)(C)C)[C@@]12C(=O)Nc1ccccc12. The molecule has 3 rings (SSSR count). The van der Waals surface area contributed by atoms with E-state index in [0.29, 0.717) is 11.3 Å². The summed E-state index contributed by atoms with van der Waals surface area (Å²) in [5.74, 6) is -2.44. The number of benzene rings is 1. The van der Waals surface area contributed by atoms with Crippen LogP contribution in [0.5, 0.6) is 0 Å². The standard InChI is InChI=1S/C21H24N2O6/c1-6-27-17(24)15-16(22)28-11(2)14(18(25)29-20(3,4)5)21(15)12-9-7-8-10-13(12)23-19(21)26/h7-10H,6,22H2,1-5H3,(H,23,26)/t21-/m1/s1. The van der Waals surface area contributed by atoms with Crippen LogP contribution < -0.4 is 11.1 Å². The van der Waals surface area contributed by atoms with Crippen LogP contribution in [-0.4, -0.2) is 30.1 Å². The van der Waals surface area contributed by atoms with Crippen LogP contribution in [0.1, 0.15) is 40.2 Å². The summed E-state index contributed by atoms with van der Waals surface area (Å²) in [5, 5.41) is 2.74. The summed E-state index contributed by atoms with van der Waals surface area (Å²) in [6.07, 6.45) is 0. The molecule has 1 spiro atoms. The zero-order valence-electron chi connectivity index (χ0n) is 17.0. The molecule has 29 heavy (non-hydrogen) atoms. The number of nitrogens with two attached hydrogens (primary N) is 1. The molecule has 0 fully saturated rings. The smallest absolute Gasteiger partial charge is 0.341 e. The number of hydrogen-bond acceptors (Lipinski definition) is 7. The average molecular weight is 400 g/mol. The van der Waals surface area contributed by atoms with Gasteiger partial charge in [0.05, 0.1) is 6.61 Å². The van der Waals surface area contributed by atoms with E-state index in [4.69, 9.17) is 19.9 Å². The molecule has 0 radical (unpaired) electrons. The number of anilines is 1. The molecule has 8 heteroatoms. The minimum atomic E-state index is -1.84. The van der Waals surface area contributed by atoms with Crippen molar-refractivity contribution in [1.82, 2.24) is 0 Å². The van der Waals surface area contributed by atoms with Gasteiger partial charge in [-0.3, -0.25) is 4.79 Å². The van der Waals surface area contributed by atoms with Crippen LogP contribution in [0, 0.1) is 0 Å². The number of para-hydroxylation sites is 1. The van der Waals surface area contributed by atoms with Gasteiger partial charge in [0.25, 0.3) is 0 Å². The molecule has 3 N–H and O–H groups in total. The molecule has 1 amide bonds. The van der Waals surface area contributed by atoms with Crippen molar-refractivity contribution in [2.75, 3.05) is 11.9 Å². The van der Waals surface area contributed by atoms with Gasteiger partial charge in [0.2, 0.25) is 11.8 Å². The Labute approximate surface area is 168 Å². The fraction of sp³-hybridized carbons (Fsp3) is 0.381. The second kappa shape index (κ2) is 6.95. The highest BCUT2D eigenvalue weighted by Crippen LogP contribution is 2.52. The first-order valence-electron chi connectivity index (χ1n) is 9.24. The van der Waals surface area contributed by atoms with E-state index in [1.54, 1.807) is 52.0 Å². The third-order valence-corrected chi connectivity index (χ3v) is 4.61. The van der Waals surface area contributed by atoms with E-state index < -0.39 is 28.9 Å². The minimum absolute atomic E-state index is 0.0550. The molecule has 2 aliphatic rings. The Balaban J connectivity index is 2.34. The van der Waals surface area contributed by atoms with Crippen molar-refractivity contribution in [3.05, 3.63) is 52.6 Å². The molecule has 154 valence electrons. The summed E-state index contributed by atoms with van der Waals surface area (Å²) in [7, 11) is 0. The van der Waals surface area contributed by atoms with Gasteiger partial charge in [-0.05, 0) is 40.7 Å². The molecule has 0 unspecified atom stereocenters. The number of carbonyl (C=O) groups is 3. The second-order valence-corrected chi connectivity index (χ2v) is 7.74. The summed E-state index contributed by atoms with van der Waals surface area (Å²) in [5.41, 5.74) is 3.90. The molecule has 0 aliphatic carbocycles. The molecule has 1 atom stereocenters. The van der Waals surface area contributed by atoms with E-state index in [0.717, 1.165) is 0 Å². The van der Waals surface area contributed by atoms with Gasteiger partial charge in [-0.25, -0.2) is 9.59 Å². The molecule has 0 aromatic heterocycles. The number of hydrogen-bond donors (Lipinski definition) is 2. The largest absolute Gasteiger partial charge is 0.462 e. The number of ether oxygens (including phenoxy) is 3. The van der Waals surface area contributed by atoms with Crippen LogP contribution in [0.15, 0.2) is 47.1 Å². The van der Waals surface area contributed by atoms with Gasteiger partial charge in [0, 0.05) is 11.3 Å². The lowest BCUT2D eigenvalue weighted by atomic mass is 9.67. The Kier molecular flexibility index (Phi) is 4.90. The number of carbonyl (C=O) groups excluding carboxylic acids is 3. The zero-order valence-corrected chi connectivity index (χ0v) is 17.0. The van der Waals surface area contributed by atoms with Gasteiger partial charge in [-0.15, -0.1) is 0 Å². The van der Waals surface area contributed by atoms with Gasteiger partial charge in [-0.1, -0.05) is 18.2 Å². The van der Waals surface area contributed by atoms with Crippen molar-refractivity contribution in [2.24, 2.45) is 5.73 Å². The highest BCUT2D eigenvalue weighted by Gasteiger charge is 2.62. The van der Waals surface area contributed by atoms with Crippen LogP contribution in [0.3, 0.4) is 0 Å². The normalized spacial score (nSPS) is 20.9. The number of allylic oxidation sites excluding steroid dienone is 1. The lowest BCUT2D eigenvalue weighted by molar-refractivity contribution is -0.152. The molecular weight excluding hydrogens is 376 g/mol. The third kappa shape index (κ3) is 3.14. The van der Waals surface area contributed by atoms with Crippen molar-refractivity contribution in [3.8, 4) is 0 Å². The molecule has 0 saturated carbocycles. The maximum absolute atomic E-state index is 13.4. The number of fused-ring (bicyclic) bond motifs is 2. The van der Waals surface area contributed by atoms with Crippen LogP contribution in [-0.2, 0) is 34.0 Å². The predicted octanol–water partition coefficient (Wildman–Crippen LogP) is 2.26. The summed E-state index contributed by atoms with van der Waals surface area (Å²) < 4.78 is 16.2. The van der Waals surface area contributed by atoms with Gasteiger partial charge in [-0.2, -0.15) is 0 Å². The number of nitrogens with one attached hydrogen (secondary N) is 1. The summed E-state index contributed by atoms with van der Waals surface area (Å²) in [4.78, 5) is 39.5. The molecule has 1 aromatic carbocycles. The number of rotatable bonds is 3. The van der Waals surface area contributed by atoms with Crippen LogP contribution >= 0.6 is 0 Å². The fourth-order valence-corrected chi connectivity index (χ4v) is 3.68. The Morgan fingerprint density at radius 2 is 1.83 bits per heavy atom. The molecular formula is C21H24N2O6. The highest BCUT2D eigenvalue weighted by molar-refractivity contribution is 6.21. The zero-order chi connectivity index (χ0) is 21.6. The van der Waals surface area contributed by atoms with Crippen molar-refractivity contribution < 1.29 is 28.6 Å². The van der Waals surface area contributed by atoms with E-state index >= 15 is 0 Å². The van der Waals surface area contributed by atoms with Crippen molar-refractivity contribution in [1.29, 1.82) is 0 Å². The van der Waals surface area contributed by atoms with Gasteiger partial charge in [0.1, 0.15) is 27.9 Å². The topological polar surface area (TPSA) is 117 Å². The van der Waals surface area contributed by atoms with Gasteiger partial charge in [0.15, 0.2) is 0 Å².